The molecule has 0 atom stereocenters. The molecule has 0 spiro atoms. The first kappa shape index (κ1) is 24.7. The molecule has 0 heterocycles. The summed E-state index contributed by atoms with van der Waals surface area (Å²) in [5.41, 5.74) is 0. The summed E-state index contributed by atoms with van der Waals surface area (Å²) in [7, 11) is 6.64. The molecule has 0 aromatic rings. The third kappa shape index (κ3) is 197. The van der Waals surface area contributed by atoms with Crippen LogP contribution in [0, 0.1) is 7.43 Å². The van der Waals surface area contributed by atoms with E-state index < -0.39 is 0 Å². The average molecular weight is 162 g/mol. The summed E-state index contributed by atoms with van der Waals surface area (Å²) < 4.78 is 0. The first-order valence-electron chi connectivity index (χ1n) is 1.08. The van der Waals surface area contributed by atoms with E-state index in [-0.39, 0.29) is 7.43 Å². The van der Waals surface area contributed by atoms with Crippen molar-refractivity contribution in [2.75, 3.05) is 14.2 Å². The number of hydrogen-bond acceptors (Lipinski definition) is 2. The van der Waals surface area contributed by atoms with E-state index >= 15 is 0 Å². The molecule has 4 heteroatoms. The molecule has 2 N–H and O–H groups in total. The molecule has 0 unspecified atom stereocenters. The van der Waals surface area contributed by atoms with Crippen LogP contribution in [-0.4, -0.2) is 24.4 Å². The molecule has 0 aliphatic carbocycles. The van der Waals surface area contributed by atoms with Crippen molar-refractivity contribution in [1.82, 2.24) is 0 Å². The Balaban J connectivity index is -0.00000000900. The van der Waals surface area contributed by atoms with E-state index in [0.29, 0.717) is 0 Å². The minimum absolute atomic E-state index is 0. The van der Waals surface area contributed by atoms with Crippen LogP contribution < -0.4 is 0 Å². The standard InChI is InChI=1S/2CH4O.CH3.ClH.Ti/c2*1-2;;;/h2*2H,1H3;1H3;1H;/q;;-1;;+2/p-1. The van der Waals surface area contributed by atoms with Gasteiger partial charge >= 0.3 is 28.7 Å². The van der Waals surface area contributed by atoms with Gasteiger partial charge in [0.2, 0.25) is 0 Å². The van der Waals surface area contributed by atoms with Crippen molar-refractivity contribution in [3.05, 3.63) is 7.43 Å². The molecule has 0 radical (unpaired) electrons. The summed E-state index contributed by atoms with van der Waals surface area (Å²) in [5, 5.41) is 14.0. The van der Waals surface area contributed by atoms with Crippen LogP contribution in [0.1, 0.15) is 0 Å². The van der Waals surface area contributed by atoms with Crippen LogP contribution >= 0.6 is 9.30 Å². The molecule has 0 saturated heterocycles. The van der Waals surface area contributed by atoms with Crippen LogP contribution in [0.15, 0.2) is 0 Å². The van der Waals surface area contributed by atoms with Crippen molar-refractivity contribution in [3.8, 4) is 0 Å². The molecule has 7 heavy (non-hydrogen) atoms. The van der Waals surface area contributed by atoms with Crippen LogP contribution in [0.5, 0.6) is 0 Å². The van der Waals surface area contributed by atoms with E-state index in [1.165, 1.54) is 19.4 Å². The maximum atomic E-state index is 7.00. The zero-order chi connectivity index (χ0) is 6.00. The molecule has 0 aliphatic rings. The van der Waals surface area contributed by atoms with Crippen molar-refractivity contribution < 1.29 is 29.6 Å². The molecule has 0 aromatic carbocycles. The fraction of sp³-hybridized carbons (Fsp3) is 0.667. The van der Waals surface area contributed by atoms with Crippen molar-refractivity contribution in [2.24, 2.45) is 0 Å². The van der Waals surface area contributed by atoms with Crippen molar-refractivity contribution in [3.63, 3.8) is 0 Å². The summed E-state index contributed by atoms with van der Waals surface area (Å²) in [4.78, 5) is 0. The molecule has 0 saturated carbocycles. The first-order chi connectivity index (χ1) is 3.00. The fourth-order valence-electron chi connectivity index (χ4n) is 0. The Hall–Kier alpha value is 0.924. The van der Waals surface area contributed by atoms with Gasteiger partial charge in [0, 0.05) is 14.2 Å². The van der Waals surface area contributed by atoms with Crippen molar-refractivity contribution in [2.45, 2.75) is 0 Å². The third-order valence-electron chi connectivity index (χ3n) is 0. The summed E-state index contributed by atoms with van der Waals surface area (Å²) >= 11 is 1.47. The molecule has 2 nitrogen and oxygen atoms in total. The Morgan fingerprint density at radius 3 is 1.00 bits per heavy atom. The van der Waals surface area contributed by atoms with Crippen LogP contribution in [0.4, 0.5) is 0 Å². The van der Waals surface area contributed by atoms with E-state index in [1.54, 1.807) is 0 Å². The zero-order valence-corrected chi connectivity index (χ0v) is 7.09. The monoisotopic (exact) mass is 162 g/mol. The van der Waals surface area contributed by atoms with Gasteiger partial charge in [-0.25, -0.2) is 0 Å². The second-order valence-corrected chi connectivity index (χ2v) is 0. The average Bonchev–Trinajstić information content (AvgIpc) is 1.81. The molecule has 0 rings (SSSR count). The summed E-state index contributed by atoms with van der Waals surface area (Å²) in [6, 6.07) is 0. The Labute approximate surface area is 60.8 Å². The van der Waals surface area contributed by atoms with Gasteiger partial charge in [0.15, 0.2) is 0 Å². The quantitative estimate of drug-likeness (QED) is 0.399. The van der Waals surface area contributed by atoms with Crippen molar-refractivity contribution >= 4 is 9.30 Å². The van der Waals surface area contributed by atoms with Gasteiger partial charge in [-0.1, -0.05) is 0 Å². The van der Waals surface area contributed by atoms with Gasteiger partial charge in [-0.15, -0.1) is 0 Å². The summed E-state index contributed by atoms with van der Waals surface area (Å²) in [6.45, 7) is 0. The number of rotatable bonds is 0. The van der Waals surface area contributed by atoms with Crippen LogP contribution in [-0.2, 0) is 19.4 Å². The van der Waals surface area contributed by atoms with E-state index in [9.17, 15) is 0 Å². The molecule has 0 bridgehead atoms. The number of aliphatic hydroxyl groups is 2. The molecule has 0 aliphatic heterocycles. The van der Waals surface area contributed by atoms with Gasteiger partial charge in [0.1, 0.15) is 0 Å². The number of halogens is 1. The van der Waals surface area contributed by atoms with Crippen LogP contribution in [0.25, 0.3) is 0 Å². The number of hydrogen-bond donors (Lipinski definition) is 2. The topological polar surface area (TPSA) is 40.5 Å². The minimum atomic E-state index is 0. The SMILES string of the molecule is CO.CO.[CH3-].[Cl][Ti+]. The van der Waals surface area contributed by atoms with Gasteiger partial charge in [0.05, 0.1) is 0 Å². The zero-order valence-electron chi connectivity index (χ0n) is 4.77. The Bertz CT molecular complexity index is 12.9. The Morgan fingerprint density at radius 2 is 1.00 bits per heavy atom. The van der Waals surface area contributed by atoms with Gasteiger partial charge in [0.25, 0.3) is 0 Å². The van der Waals surface area contributed by atoms with E-state index in [2.05, 4.69) is 9.30 Å². The van der Waals surface area contributed by atoms with E-state index in [1.807, 2.05) is 0 Å². The normalized spacial score (nSPS) is 2.29. The second kappa shape index (κ2) is 284. The Morgan fingerprint density at radius 1 is 1.00 bits per heavy atom. The molecule has 46 valence electrons. The van der Waals surface area contributed by atoms with Gasteiger partial charge in [-0.3, -0.25) is 0 Å². The fourth-order valence-corrected chi connectivity index (χ4v) is 0. The number of aliphatic hydroxyl groups excluding tert-OH is 2. The molecular weight excluding hydrogens is 151 g/mol. The van der Waals surface area contributed by atoms with E-state index in [0.717, 1.165) is 14.2 Å². The maximum absolute atomic E-state index is 7.00. The van der Waals surface area contributed by atoms with Crippen LogP contribution in [0.3, 0.4) is 0 Å². The van der Waals surface area contributed by atoms with Gasteiger partial charge < -0.3 is 17.6 Å². The predicted octanol–water partition coefficient (Wildman–Crippen LogP) is 0.354. The first-order valence-corrected chi connectivity index (χ1v) is 3.23. The molecule has 0 aromatic heterocycles. The Kier molecular flexibility index (Phi) is 1000. The van der Waals surface area contributed by atoms with Crippen LogP contribution in [0.2, 0.25) is 0 Å². The predicted molar refractivity (Wildman–Crippen MR) is 28.6 cm³/mol. The second-order valence-electron chi connectivity index (χ2n) is 0. The summed E-state index contributed by atoms with van der Waals surface area (Å²) in [5.74, 6) is 0. The van der Waals surface area contributed by atoms with E-state index in [4.69, 9.17) is 10.2 Å². The molecule has 0 amide bonds. The van der Waals surface area contributed by atoms with Gasteiger partial charge in [-0.05, 0) is 0 Å². The molecule has 0 fully saturated rings. The third-order valence-corrected chi connectivity index (χ3v) is 0. The van der Waals surface area contributed by atoms with Gasteiger partial charge in [-0.2, -0.15) is 0 Å². The molecular formula is C3H11ClO2Ti. The van der Waals surface area contributed by atoms with Crippen molar-refractivity contribution in [1.29, 1.82) is 0 Å². The summed E-state index contributed by atoms with van der Waals surface area (Å²) in [6.07, 6.45) is 0.